The number of aryl methyl sites for hydroxylation is 3. The van der Waals surface area contributed by atoms with E-state index in [0.717, 1.165) is 0 Å². The Morgan fingerprint density at radius 2 is 1.71 bits per heavy atom. The van der Waals surface area contributed by atoms with E-state index < -0.39 is 0 Å². The van der Waals surface area contributed by atoms with Gasteiger partial charge in [-0.05, 0) is 51.5 Å². The Kier molecular flexibility index (Phi) is 3.53. The van der Waals surface area contributed by atoms with E-state index in [1.165, 1.54) is 26.6 Å². The molecule has 0 aliphatic rings. The number of rotatable bonds is 3. The third-order valence-electron chi connectivity index (χ3n) is 2.98. The molecule has 0 radical (unpaired) electrons. The second-order valence-corrected chi connectivity index (χ2v) is 6.06. The lowest BCUT2D eigenvalue weighted by molar-refractivity contribution is 0.881. The van der Waals surface area contributed by atoms with Gasteiger partial charge >= 0.3 is 0 Å². The van der Waals surface area contributed by atoms with Gasteiger partial charge in [-0.2, -0.15) is 0 Å². The first-order chi connectivity index (χ1) is 8.06. The minimum absolute atomic E-state index is 0.364. The summed E-state index contributed by atoms with van der Waals surface area (Å²) < 4.78 is 0. The van der Waals surface area contributed by atoms with E-state index in [4.69, 9.17) is 0 Å². The second kappa shape index (κ2) is 4.92. The Bertz CT molecular complexity index is 496. The summed E-state index contributed by atoms with van der Waals surface area (Å²) in [4.78, 5) is 2.80. The smallest absolute Gasteiger partial charge is 0.0496 e. The van der Waals surface area contributed by atoms with Crippen molar-refractivity contribution in [1.82, 2.24) is 0 Å². The summed E-state index contributed by atoms with van der Waals surface area (Å²) in [5.74, 6) is 0. The molecular weight excluding hydrogens is 226 g/mol. The molecule has 0 spiro atoms. The molecule has 1 atom stereocenters. The molecule has 2 aromatic rings. The van der Waals surface area contributed by atoms with Crippen molar-refractivity contribution in [2.45, 2.75) is 33.7 Å². The monoisotopic (exact) mass is 245 g/mol. The van der Waals surface area contributed by atoms with Crippen LogP contribution in [0.2, 0.25) is 0 Å². The number of anilines is 1. The molecule has 1 aromatic carbocycles. The molecule has 1 heterocycles. The molecular formula is C15H19NS. The maximum atomic E-state index is 3.55. The summed E-state index contributed by atoms with van der Waals surface area (Å²) in [7, 11) is 0. The fourth-order valence-electron chi connectivity index (χ4n) is 2.06. The Morgan fingerprint density at radius 3 is 2.24 bits per heavy atom. The van der Waals surface area contributed by atoms with E-state index in [9.17, 15) is 0 Å². The van der Waals surface area contributed by atoms with Crippen LogP contribution in [0.4, 0.5) is 5.69 Å². The Morgan fingerprint density at radius 1 is 1.06 bits per heavy atom. The highest BCUT2D eigenvalue weighted by molar-refractivity contribution is 7.12. The standard InChI is InChI=1S/C15H19NS/c1-10-5-7-14(8-6-10)16-12(3)15-9-11(2)17-13(15)4/h5-9,12,16H,1-4H3. The molecule has 0 aliphatic carbocycles. The summed E-state index contributed by atoms with van der Waals surface area (Å²) in [6.07, 6.45) is 0. The topological polar surface area (TPSA) is 12.0 Å². The zero-order valence-electron chi connectivity index (χ0n) is 10.9. The van der Waals surface area contributed by atoms with Crippen LogP contribution in [-0.2, 0) is 0 Å². The van der Waals surface area contributed by atoms with Crippen molar-refractivity contribution in [3.8, 4) is 0 Å². The molecule has 1 unspecified atom stereocenters. The zero-order valence-corrected chi connectivity index (χ0v) is 11.7. The van der Waals surface area contributed by atoms with Crippen LogP contribution in [0.5, 0.6) is 0 Å². The highest BCUT2D eigenvalue weighted by Crippen LogP contribution is 2.28. The van der Waals surface area contributed by atoms with Crippen LogP contribution >= 0.6 is 11.3 Å². The molecule has 0 saturated heterocycles. The lowest BCUT2D eigenvalue weighted by Crippen LogP contribution is -2.06. The predicted molar refractivity (Wildman–Crippen MR) is 77.0 cm³/mol. The molecule has 2 heteroatoms. The molecule has 2 rings (SSSR count). The van der Waals surface area contributed by atoms with Gasteiger partial charge in [0.1, 0.15) is 0 Å². The van der Waals surface area contributed by atoms with Gasteiger partial charge in [0.05, 0.1) is 0 Å². The molecule has 0 amide bonds. The Balaban J connectivity index is 2.14. The normalized spacial score (nSPS) is 12.5. The fourth-order valence-corrected chi connectivity index (χ4v) is 3.08. The lowest BCUT2D eigenvalue weighted by Gasteiger charge is -2.15. The molecule has 0 fully saturated rings. The average molecular weight is 245 g/mol. The van der Waals surface area contributed by atoms with Crippen molar-refractivity contribution in [3.05, 3.63) is 51.2 Å². The van der Waals surface area contributed by atoms with Crippen molar-refractivity contribution in [2.75, 3.05) is 5.32 Å². The van der Waals surface area contributed by atoms with Gasteiger partial charge in [0.2, 0.25) is 0 Å². The summed E-state index contributed by atoms with van der Waals surface area (Å²) >= 11 is 1.87. The summed E-state index contributed by atoms with van der Waals surface area (Å²) in [5, 5.41) is 3.55. The molecule has 1 nitrogen and oxygen atoms in total. The van der Waals surface area contributed by atoms with Crippen LogP contribution in [0.25, 0.3) is 0 Å². The van der Waals surface area contributed by atoms with E-state index >= 15 is 0 Å². The van der Waals surface area contributed by atoms with Crippen LogP contribution in [0.3, 0.4) is 0 Å². The van der Waals surface area contributed by atoms with E-state index in [1.807, 2.05) is 11.3 Å². The number of hydrogen-bond donors (Lipinski definition) is 1. The van der Waals surface area contributed by atoms with Gasteiger partial charge in [-0.15, -0.1) is 11.3 Å². The SMILES string of the molecule is Cc1ccc(NC(C)c2cc(C)sc2C)cc1. The first-order valence-electron chi connectivity index (χ1n) is 5.96. The molecule has 0 aliphatic heterocycles. The predicted octanol–water partition coefficient (Wildman–Crippen LogP) is 4.85. The van der Waals surface area contributed by atoms with Crippen molar-refractivity contribution < 1.29 is 0 Å². The Labute approximate surface area is 108 Å². The number of nitrogens with one attached hydrogen (secondary N) is 1. The van der Waals surface area contributed by atoms with Crippen molar-refractivity contribution in [2.24, 2.45) is 0 Å². The summed E-state index contributed by atoms with van der Waals surface area (Å²) in [5.41, 5.74) is 3.89. The maximum Gasteiger partial charge on any atom is 0.0496 e. The van der Waals surface area contributed by atoms with Gasteiger partial charge in [-0.25, -0.2) is 0 Å². The Hall–Kier alpha value is -1.28. The fraction of sp³-hybridized carbons (Fsp3) is 0.333. The number of hydrogen-bond acceptors (Lipinski definition) is 2. The van der Waals surface area contributed by atoms with Gasteiger partial charge in [0.15, 0.2) is 0 Å². The van der Waals surface area contributed by atoms with Crippen LogP contribution in [0.15, 0.2) is 30.3 Å². The quantitative estimate of drug-likeness (QED) is 0.815. The molecule has 1 aromatic heterocycles. The lowest BCUT2D eigenvalue weighted by atomic mass is 10.1. The highest BCUT2D eigenvalue weighted by atomic mass is 32.1. The van der Waals surface area contributed by atoms with Gasteiger partial charge < -0.3 is 5.32 Å². The van der Waals surface area contributed by atoms with Gasteiger partial charge in [-0.3, -0.25) is 0 Å². The van der Waals surface area contributed by atoms with E-state index in [0.29, 0.717) is 6.04 Å². The first kappa shape index (κ1) is 12.2. The van der Waals surface area contributed by atoms with Gasteiger partial charge in [-0.1, -0.05) is 17.7 Å². The maximum absolute atomic E-state index is 3.55. The summed E-state index contributed by atoms with van der Waals surface area (Å²) in [6.45, 7) is 8.69. The third-order valence-corrected chi connectivity index (χ3v) is 3.96. The number of thiophene rings is 1. The largest absolute Gasteiger partial charge is 0.378 e. The second-order valence-electron chi connectivity index (χ2n) is 4.60. The molecule has 17 heavy (non-hydrogen) atoms. The van der Waals surface area contributed by atoms with Crippen LogP contribution in [0, 0.1) is 20.8 Å². The minimum Gasteiger partial charge on any atom is -0.378 e. The number of benzene rings is 1. The average Bonchev–Trinajstić information content (AvgIpc) is 2.61. The molecule has 1 N–H and O–H groups in total. The van der Waals surface area contributed by atoms with Crippen LogP contribution < -0.4 is 5.32 Å². The van der Waals surface area contributed by atoms with Crippen molar-refractivity contribution in [1.29, 1.82) is 0 Å². The van der Waals surface area contributed by atoms with Crippen molar-refractivity contribution in [3.63, 3.8) is 0 Å². The molecule has 90 valence electrons. The zero-order chi connectivity index (χ0) is 12.4. The highest BCUT2D eigenvalue weighted by Gasteiger charge is 2.10. The van der Waals surface area contributed by atoms with E-state index in [1.54, 1.807) is 0 Å². The first-order valence-corrected chi connectivity index (χ1v) is 6.78. The minimum atomic E-state index is 0.364. The third kappa shape index (κ3) is 2.89. The molecule has 0 saturated carbocycles. The van der Waals surface area contributed by atoms with Gasteiger partial charge in [0, 0.05) is 21.5 Å². The van der Waals surface area contributed by atoms with Crippen LogP contribution in [-0.4, -0.2) is 0 Å². The van der Waals surface area contributed by atoms with Gasteiger partial charge in [0.25, 0.3) is 0 Å². The van der Waals surface area contributed by atoms with Crippen LogP contribution in [0.1, 0.15) is 33.8 Å². The summed E-state index contributed by atoms with van der Waals surface area (Å²) in [6, 6.07) is 11.2. The van der Waals surface area contributed by atoms with E-state index in [2.05, 4.69) is 63.3 Å². The van der Waals surface area contributed by atoms with Crippen molar-refractivity contribution >= 4 is 17.0 Å². The molecule has 0 bridgehead atoms. The van der Waals surface area contributed by atoms with E-state index in [-0.39, 0.29) is 0 Å².